The standard InChI is InChI=1S/C8H9F3N2O2S/c1-12-8-6(10)4(9)3-5(7(8)11)13-16(2,14)15/h3,12-13H,1-2H3. The molecule has 0 saturated heterocycles. The van der Waals surface area contributed by atoms with Crippen LogP contribution in [0.4, 0.5) is 24.5 Å². The SMILES string of the molecule is CNc1c(F)c(F)cc(NS(C)(=O)=O)c1F. The minimum Gasteiger partial charge on any atom is -0.383 e. The number of sulfonamides is 1. The van der Waals surface area contributed by atoms with Crippen molar-refractivity contribution in [2.24, 2.45) is 0 Å². The summed E-state index contributed by atoms with van der Waals surface area (Å²) in [6, 6.07) is 0.437. The van der Waals surface area contributed by atoms with Gasteiger partial charge < -0.3 is 5.32 Å². The molecule has 1 aromatic carbocycles. The number of halogens is 3. The molecule has 0 aromatic heterocycles. The van der Waals surface area contributed by atoms with E-state index in [1.165, 1.54) is 7.05 Å². The van der Waals surface area contributed by atoms with E-state index in [0.717, 1.165) is 6.26 Å². The summed E-state index contributed by atoms with van der Waals surface area (Å²) in [5.41, 5.74) is -1.38. The van der Waals surface area contributed by atoms with Crippen LogP contribution in [-0.4, -0.2) is 21.7 Å². The topological polar surface area (TPSA) is 58.2 Å². The van der Waals surface area contributed by atoms with E-state index in [1.54, 1.807) is 4.72 Å². The Hall–Kier alpha value is -1.44. The van der Waals surface area contributed by atoms with E-state index in [0.29, 0.717) is 6.07 Å². The number of rotatable bonds is 3. The average molecular weight is 254 g/mol. The number of hydrogen-bond acceptors (Lipinski definition) is 3. The second-order valence-corrected chi connectivity index (χ2v) is 4.78. The third-order valence-electron chi connectivity index (χ3n) is 1.70. The summed E-state index contributed by atoms with van der Waals surface area (Å²) in [5, 5.41) is 2.11. The van der Waals surface area contributed by atoms with E-state index in [1.807, 2.05) is 0 Å². The number of nitrogens with one attached hydrogen (secondary N) is 2. The van der Waals surface area contributed by atoms with Crippen molar-refractivity contribution in [1.82, 2.24) is 0 Å². The Morgan fingerprint density at radius 3 is 2.19 bits per heavy atom. The van der Waals surface area contributed by atoms with Gasteiger partial charge in [-0.25, -0.2) is 21.6 Å². The van der Waals surface area contributed by atoms with Crippen LogP contribution in [0.2, 0.25) is 0 Å². The molecule has 0 spiro atoms. The van der Waals surface area contributed by atoms with Gasteiger partial charge in [-0.2, -0.15) is 0 Å². The van der Waals surface area contributed by atoms with Gasteiger partial charge in [-0.15, -0.1) is 0 Å². The van der Waals surface area contributed by atoms with Gasteiger partial charge in [-0.05, 0) is 0 Å². The van der Waals surface area contributed by atoms with E-state index in [2.05, 4.69) is 5.32 Å². The number of hydrogen-bond donors (Lipinski definition) is 2. The van der Waals surface area contributed by atoms with Gasteiger partial charge in [-0.1, -0.05) is 0 Å². The van der Waals surface area contributed by atoms with E-state index in [-0.39, 0.29) is 0 Å². The van der Waals surface area contributed by atoms with E-state index >= 15 is 0 Å². The van der Waals surface area contributed by atoms with E-state index in [4.69, 9.17) is 0 Å². The fraction of sp³-hybridized carbons (Fsp3) is 0.250. The molecule has 0 radical (unpaired) electrons. The molecule has 0 fully saturated rings. The smallest absolute Gasteiger partial charge is 0.229 e. The first-order valence-electron chi connectivity index (χ1n) is 4.09. The molecular weight excluding hydrogens is 245 g/mol. The third-order valence-corrected chi connectivity index (χ3v) is 2.29. The van der Waals surface area contributed by atoms with Gasteiger partial charge in [0.25, 0.3) is 0 Å². The molecule has 4 nitrogen and oxygen atoms in total. The van der Waals surface area contributed by atoms with Crippen LogP contribution in [-0.2, 0) is 10.0 Å². The van der Waals surface area contributed by atoms with Crippen LogP contribution in [0.3, 0.4) is 0 Å². The molecule has 0 bridgehead atoms. The van der Waals surface area contributed by atoms with Gasteiger partial charge in [0.2, 0.25) is 10.0 Å². The van der Waals surface area contributed by atoms with Crippen LogP contribution in [0.1, 0.15) is 0 Å². The van der Waals surface area contributed by atoms with Crippen LogP contribution in [0, 0.1) is 17.5 Å². The molecule has 0 saturated carbocycles. The molecule has 0 atom stereocenters. The predicted molar refractivity (Wildman–Crippen MR) is 54.3 cm³/mol. The van der Waals surface area contributed by atoms with Crippen molar-refractivity contribution in [2.75, 3.05) is 23.3 Å². The summed E-state index contributed by atoms with van der Waals surface area (Å²) in [6.07, 6.45) is 0.771. The Labute approximate surface area is 90.5 Å². The van der Waals surface area contributed by atoms with Gasteiger partial charge in [0.05, 0.1) is 11.9 Å². The minimum atomic E-state index is -3.76. The van der Waals surface area contributed by atoms with Gasteiger partial charge in [-0.3, -0.25) is 4.72 Å². The maximum absolute atomic E-state index is 13.4. The molecule has 1 rings (SSSR count). The summed E-state index contributed by atoms with van der Waals surface area (Å²) >= 11 is 0. The number of benzene rings is 1. The fourth-order valence-corrected chi connectivity index (χ4v) is 1.65. The molecule has 1 aromatic rings. The van der Waals surface area contributed by atoms with Gasteiger partial charge in [0.1, 0.15) is 5.69 Å². The Morgan fingerprint density at radius 1 is 1.19 bits per heavy atom. The molecule has 0 amide bonds. The summed E-state index contributed by atoms with van der Waals surface area (Å²) < 4.78 is 62.8. The zero-order valence-electron chi connectivity index (χ0n) is 8.44. The first-order chi connectivity index (χ1) is 7.26. The summed E-state index contributed by atoms with van der Waals surface area (Å²) in [6.45, 7) is 0. The Kier molecular flexibility index (Phi) is 3.32. The minimum absolute atomic E-state index is 0.437. The largest absolute Gasteiger partial charge is 0.383 e. The van der Waals surface area contributed by atoms with Crippen molar-refractivity contribution in [1.29, 1.82) is 0 Å². The maximum atomic E-state index is 13.4. The first-order valence-corrected chi connectivity index (χ1v) is 5.98. The highest BCUT2D eigenvalue weighted by molar-refractivity contribution is 7.92. The lowest BCUT2D eigenvalue weighted by Crippen LogP contribution is -2.13. The van der Waals surface area contributed by atoms with Crippen LogP contribution in [0.15, 0.2) is 6.07 Å². The molecule has 0 heterocycles. The van der Waals surface area contributed by atoms with Crippen LogP contribution in [0.5, 0.6) is 0 Å². The summed E-state index contributed by atoms with van der Waals surface area (Å²) in [4.78, 5) is 0. The first kappa shape index (κ1) is 12.6. The van der Waals surface area contributed by atoms with Crippen molar-refractivity contribution in [3.8, 4) is 0 Å². The van der Waals surface area contributed by atoms with Crippen molar-refractivity contribution in [3.63, 3.8) is 0 Å². The maximum Gasteiger partial charge on any atom is 0.229 e. The highest BCUT2D eigenvalue weighted by Crippen LogP contribution is 2.28. The summed E-state index contributed by atoms with van der Waals surface area (Å²) in [5.74, 6) is -3.96. The Morgan fingerprint density at radius 2 is 1.75 bits per heavy atom. The van der Waals surface area contributed by atoms with Gasteiger partial charge in [0.15, 0.2) is 17.5 Å². The van der Waals surface area contributed by atoms with Crippen molar-refractivity contribution in [2.45, 2.75) is 0 Å². The molecular formula is C8H9F3N2O2S. The number of anilines is 2. The highest BCUT2D eigenvalue weighted by atomic mass is 32.2. The third kappa shape index (κ3) is 2.57. The van der Waals surface area contributed by atoms with Crippen molar-refractivity contribution >= 4 is 21.4 Å². The molecule has 0 aliphatic heterocycles. The molecule has 8 heteroatoms. The van der Waals surface area contributed by atoms with Crippen LogP contribution in [0.25, 0.3) is 0 Å². The van der Waals surface area contributed by atoms with E-state index in [9.17, 15) is 21.6 Å². The van der Waals surface area contributed by atoms with Gasteiger partial charge >= 0.3 is 0 Å². The zero-order chi connectivity index (χ0) is 12.5. The quantitative estimate of drug-likeness (QED) is 0.804. The lowest BCUT2D eigenvalue weighted by Gasteiger charge is -2.10. The normalized spacial score (nSPS) is 11.3. The predicted octanol–water partition coefficient (Wildman–Crippen LogP) is 1.52. The lowest BCUT2D eigenvalue weighted by atomic mass is 10.2. The molecule has 16 heavy (non-hydrogen) atoms. The van der Waals surface area contributed by atoms with Gasteiger partial charge in [0, 0.05) is 13.1 Å². The molecule has 2 N–H and O–H groups in total. The molecule has 0 aliphatic rings. The molecule has 90 valence electrons. The van der Waals surface area contributed by atoms with Crippen molar-refractivity contribution < 1.29 is 21.6 Å². The molecule has 0 aliphatic carbocycles. The average Bonchev–Trinajstić information content (AvgIpc) is 2.13. The van der Waals surface area contributed by atoms with Crippen molar-refractivity contribution in [3.05, 3.63) is 23.5 Å². The monoisotopic (exact) mass is 254 g/mol. The highest BCUT2D eigenvalue weighted by Gasteiger charge is 2.19. The zero-order valence-corrected chi connectivity index (χ0v) is 9.25. The van der Waals surface area contributed by atoms with Crippen LogP contribution >= 0.6 is 0 Å². The lowest BCUT2D eigenvalue weighted by molar-refractivity contribution is 0.500. The second kappa shape index (κ2) is 4.20. The van der Waals surface area contributed by atoms with E-state index < -0.39 is 38.8 Å². The Bertz CT molecular complexity index is 517. The molecule has 0 unspecified atom stereocenters. The summed E-state index contributed by atoms with van der Waals surface area (Å²) in [7, 11) is -2.58. The second-order valence-electron chi connectivity index (χ2n) is 3.03. The van der Waals surface area contributed by atoms with Crippen LogP contribution < -0.4 is 10.0 Å². The fourth-order valence-electron chi connectivity index (χ4n) is 1.10. The Balaban J connectivity index is 3.37.